The molecule has 11 heteroatoms. The van der Waals surface area contributed by atoms with Crippen LogP contribution in [0.1, 0.15) is 0 Å². The number of methoxy groups -OCH3 is 2. The maximum Gasteiger partial charge on any atom is 0.534 e. The monoisotopic (exact) mass is 479 g/mol. The maximum absolute atomic E-state index is 12.6. The molecule has 0 spiro atoms. The number of nitrogens with zero attached hydrogens (tertiary/aromatic N) is 1. The molecule has 0 N–H and O–H groups in total. The molecule has 4 aromatic rings. The largest absolute Gasteiger partial charge is 0.534 e. The first kappa shape index (κ1) is 22.5. The summed E-state index contributed by atoms with van der Waals surface area (Å²) in [5.74, 6) is 1.33. The van der Waals surface area contributed by atoms with Crippen LogP contribution in [0.25, 0.3) is 21.7 Å². The summed E-state index contributed by atoms with van der Waals surface area (Å²) in [6.45, 7) is 0. The van der Waals surface area contributed by atoms with E-state index in [0.29, 0.717) is 44.7 Å². The van der Waals surface area contributed by atoms with Crippen LogP contribution in [0.2, 0.25) is 0 Å². The normalized spacial score (nSPS) is 12.0. The van der Waals surface area contributed by atoms with Crippen LogP contribution in [-0.2, 0) is 10.1 Å². The van der Waals surface area contributed by atoms with Crippen LogP contribution in [0, 0.1) is 0 Å². The Balaban J connectivity index is 1.70. The first-order valence-corrected chi connectivity index (χ1v) is 10.8. The van der Waals surface area contributed by atoms with Crippen molar-refractivity contribution >= 4 is 31.8 Å². The predicted octanol–water partition coefficient (Wildman–Crippen LogP) is 5.43. The Morgan fingerprint density at radius 2 is 1.42 bits per heavy atom. The van der Waals surface area contributed by atoms with Crippen LogP contribution < -0.4 is 18.4 Å². The van der Waals surface area contributed by atoms with Crippen molar-refractivity contribution in [2.45, 2.75) is 5.51 Å². The third kappa shape index (κ3) is 4.44. The predicted molar refractivity (Wildman–Crippen MR) is 114 cm³/mol. The number of halogens is 3. The minimum atomic E-state index is -5.78. The van der Waals surface area contributed by atoms with E-state index in [4.69, 9.17) is 14.2 Å². The summed E-state index contributed by atoms with van der Waals surface area (Å²) in [6.07, 6.45) is 1.55. The lowest BCUT2D eigenvalue weighted by Crippen LogP contribution is -2.28. The zero-order valence-corrected chi connectivity index (χ0v) is 18.0. The molecule has 1 aromatic heterocycles. The first-order chi connectivity index (χ1) is 15.6. The van der Waals surface area contributed by atoms with Crippen LogP contribution in [0.5, 0.6) is 28.7 Å². The summed E-state index contributed by atoms with van der Waals surface area (Å²) in [5.41, 5.74) is -4.93. The molecule has 1 heterocycles. The number of alkyl halides is 3. The Morgan fingerprint density at radius 1 is 0.788 bits per heavy atom. The highest BCUT2D eigenvalue weighted by molar-refractivity contribution is 7.88. The molecule has 3 aromatic carbocycles. The van der Waals surface area contributed by atoms with Crippen molar-refractivity contribution in [2.24, 2.45) is 0 Å². The van der Waals surface area contributed by atoms with Gasteiger partial charge in [0, 0.05) is 17.6 Å². The second-order valence-corrected chi connectivity index (χ2v) is 8.33. The molecule has 0 fully saturated rings. The Labute approximate surface area is 186 Å². The van der Waals surface area contributed by atoms with Crippen molar-refractivity contribution in [2.75, 3.05) is 14.2 Å². The second kappa shape index (κ2) is 8.32. The summed E-state index contributed by atoms with van der Waals surface area (Å²) in [4.78, 5) is 4.30. The molecule has 0 bridgehead atoms. The van der Waals surface area contributed by atoms with Gasteiger partial charge in [0.15, 0.2) is 11.5 Å². The van der Waals surface area contributed by atoms with Gasteiger partial charge in [-0.25, -0.2) is 0 Å². The quantitative estimate of drug-likeness (QED) is 0.269. The van der Waals surface area contributed by atoms with Gasteiger partial charge in [-0.05, 0) is 47.2 Å². The third-order valence-electron chi connectivity index (χ3n) is 4.71. The lowest BCUT2D eigenvalue weighted by molar-refractivity contribution is -0.0500. The van der Waals surface area contributed by atoms with Crippen LogP contribution in [0.15, 0.2) is 60.8 Å². The zero-order valence-electron chi connectivity index (χ0n) is 17.2. The Bertz CT molecular complexity index is 1450. The van der Waals surface area contributed by atoms with E-state index in [9.17, 15) is 21.6 Å². The Hall–Kier alpha value is -3.73. The van der Waals surface area contributed by atoms with Crippen LogP contribution in [-0.4, -0.2) is 33.1 Å². The van der Waals surface area contributed by atoms with Gasteiger partial charge in [-0.1, -0.05) is 12.1 Å². The zero-order chi connectivity index (χ0) is 23.8. The molecular weight excluding hydrogens is 463 g/mol. The molecule has 172 valence electrons. The molecule has 0 saturated heterocycles. The molecule has 0 unspecified atom stereocenters. The molecular formula is C22H16F3NO6S. The summed E-state index contributed by atoms with van der Waals surface area (Å²) in [6, 6.07) is 13.7. The minimum absolute atomic E-state index is 0.362. The number of aromatic nitrogens is 1. The van der Waals surface area contributed by atoms with Gasteiger partial charge in [-0.2, -0.15) is 21.6 Å². The molecule has 33 heavy (non-hydrogen) atoms. The highest BCUT2D eigenvalue weighted by Crippen LogP contribution is 2.37. The number of ether oxygens (including phenoxy) is 3. The fourth-order valence-electron chi connectivity index (χ4n) is 3.16. The molecule has 0 saturated carbocycles. The van der Waals surface area contributed by atoms with Gasteiger partial charge in [0.05, 0.1) is 19.7 Å². The van der Waals surface area contributed by atoms with Gasteiger partial charge in [0.2, 0.25) is 0 Å². The van der Waals surface area contributed by atoms with E-state index in [1.807, 2.05) is 0 Å². The molecule has 0 aliphatic carbocycles. The summed E-state index contributed by atoms with van der Waals surface area (Å²) in [5, 5.41) is 1.70. The number of hydrogen-bond donors (Lipinski definition) is 0. The fraction of sp³-hybridized carbons (Fsp3) is 0.136. The SMILES string of the molecule is COc1cc2nccc(Oc3ccc4ccc(OS(=O)(=O)C(F)(F)F)cc4c3)c2cc1OC. The van der Waals surface area contributed by atoms with Crippen molar-refractivity contribution in [3.8, 4) is 28.7 Å². The average molecular weight is 479 g/mol. The average Bonchev–Trinajstić information content (AvgIpc) is 2.77. The molecule has 0 atom stereocenters. The lowest BCUT2D eigenvalue weighted by atomic mass is 10.1. The van der Waals surface area contributed by atoms with Crippen molar-refractivity contribution in [3.63, 3.8) is 0 Å². The number of rotatable bonds is 6. The van der Waals surface area contributed by atoms with Gasteiger partial charge in [0.1, 0.15) is 17.2 Å². The fourth-order valence-corrected chi connectivity index (χ4v) is 3.61. The summed E-state index contributed by atoms with van der Waals surface area (Å²) in [7, 11) is -2.76. The van der Waals surface area contributed by atoms with Crippen LogP contribution in [0.3, 0.4) is 0 Å². The number of fused-ring (bicyclic) bond motifs is 2. The topological polar surface area (TPSA) is 84.0 Å². The van der Waals surface area contributed by atoms with E-state index in [-0.39, 0.29) is 0 Å². The molecule has 0 radical (unpaired) electrons. The van der Waals surface area contributed by atoms with E-state index < -0.39 is 21.4 Å². The van der Waals surface area contributed by atoms with E-state index >= 15 is 0 Å². The highest BCUT2D eigenvalue weighted by atomic mass is 32.2. The van der Waals surface area contributed by atoms with Crippen LogP contribution >= 0.6 is 0 Å². The minimum Gasteiger partial charge on any atom is -0.493 e. The van der Waals surface area contributed by atoms with Crippen molar-refractivity contribution < 1.29 is 40.0 Å². The standard InChI is InChI=1S/C22H16F3NO6S/c1-29-20-11-17-18(12-21(20)30-2)26-8-7-19(17)31-15-5-3-13-4-6-16(10-14(13)9-15)32-33(27,28)22(23,24)25/h3-12H,1-2H3. The van der Waals surface area contributed by atoms with Gasteiger partial charge >= 0.3 is 15.6 Å². The van der Waals surface area contributed by atoms with Crippen LogP contribution in [0.4, 0.5) is 13.2 Å². The van der Waals surface area contributed by atoms with Gasteiger partial charge < -0.3 is 18.4 Å². The maximum atomic E-state index is 12.6. The molecule has 0 aliphatic rings. The molecule has 4 rings (SSSR count). The Morgan fingerprint density at radius 3 is 2.09 bits per heavy atom. The van der Waals surface area contributed by atoms with Gasteiger partial charge in [-0.15, -0.1) is 0 Å². The van der Waals surface area contributed by atoms with Gasteiger partial charge in [0.25, 0.3) is 0 Å². The number of pyridine rings is 1. The smallest absolute Gasteiger partial charge is 0.493 e. The molecule has 0 amide bonds. The second-order valence-electron chi connectivity index (χ2n) is 6.79. The summed E-state index contributed by atoms with van der Waals surface area (Å²) >= 11 is 0. The van der Waals surface area contributed by atoms with E-state index in [1.54, 1.807) is 42.6 Å². The molecule has 0 aliphatic heterocycles. The summed E-state index contributed by atoms with van der Waals surface area (Å²) < 4.78 is 81.2. The van der Waals surface area contributed by atoms with E-state index in [0.717, 1.165) is 6.07 Å². The number of hydrogen-bond acceptors (Lipinski definition) is 7. The number of benzene rings is 3. The van der Waals surface area contributed by atoms with Crippen molar-refractivity contribution in [1.82, 2.24) is 4.98 Å². The third-order valence-corrected chi connectivity index (χ3v) is 5.69. The van der Waals surface area contributed by atoms with E-state index in [1.165, 1.54) is 26.4 Å². The lowest BCUT2D eigenvalue weighted by Gasteiger charge is -2.13. The van der Waals surface area contributed by atoms with Crippen molar-refractivity contribution in [3.05, 3.63) is 60.8 Å². The molecule has 7 nitrogen and oxygen atoms in total. The first-order valence-electron chi connectivity index (χ1n) is 9.34. The van der Waals surface area contributed by atoms with Crippen molar-refractivity contribution in [1.29, 1.82) is 0 Å². The van der Waals surface area contributed by atoms with E-state index in [2.05, 4.69) is 9.17 Å². The Kier molecular flexibility index (Phi) is 5.66. The highest BCUT2D eigenvalue weighted by Gasteiger charge is 2.48. The van der Waals surface area contributed by atoms with Gasteiger partial charge in [-0.3, -0.25) is 4.98 Å².